The van der Waals surface area contributed by atoms with Crippen LogP contribution in [0.4, 0.5) is 8.78 Å². The van der Waals surface area contributed by atoms with E-state index in [0.717, 1.165) is 12.1 Å². The molecular formula is C18H12F2N4O2. The lowest BCUT2D eigenvalue weighted by Gasteiger charge is -2.04. The highest BCUT2D eigenvalue weighted by molar-refractivity contribution is 5.77. The smallest absolute Gasteiger partial charge is 0.262 e. The summed E-state index contributed by atoms with van der Waals surface area (Å²) in [5.74, 6) is -0.497. The number of nitrogens with zero attached hydrogens (tertiary/aromatic N) is 3. The Morgan fingerprint density at radius 3 is 2.54 bits per heavy atom. The molecule has 26 heavy (non-hydrogen) atoms. The maximum Gasteiger partial charge on any atom is 0.262 e. The van der Waals surface area contributed by atoms with Crippen LogP contribution in [-0.4, -0.2) is 27.4 Å². The molecule has 0 spiro atoms. The van der Waals surface area contributed by atoms with E-state index in [2.05, 4.69) is 20.3 Å². The van der Waals surface area contributed by atoms with Crippen LogP contribution in [0.5, 0.6) is 5.75 Å². The molecule has 0 aliphatic rings. The van der Waals surface area contributed by atoms with Gasteiger partial charge in [-0.25, -0.2) is 8.78 Å². The number of hydrogen-bond acceptors (Lipinski definition) is 5. The number of hydrogen-bond donors (Lipinski definition) is 1. The number of H-pyrrole nitrogens is 1. The highest BCUT2D eigenvalue weighted by Crippen LogP contribution is 2.34. The summed E-state index contributed by atoms with van der Waals surface area (Å²) in [6, 6.07) is 10.8. The minimum atomic E-state index is -0.722. The van der Waals surface area contributed by atoms with Gasteiger partial charge >= 0.3 is 0 Å². The second-order valence-corrected chi connectivity index (χ2v) is 5.38. The zero-order valence-corrected chi connectivity index (χ0v) is 13.5. The Hall–Kier alpha value is -3.55. The molecule has 0 saturated carbocycles. The number of nitrogens with one attached hydrogen (secondary N) is 1. The Labute approximate surface area is 146 Å². The van der Waals surface area contributed by atoms with Crippen LogP contribution in [0.3, 0.4) is 0 Å². The normalized spacial score (nSPS) is 10.9. The first kappa shape index (κ1) is 15.9. The lowest BCUT2D eigenvalue weighted by molar-refractivity contribution is 0.413. The van der Waals surface area contributed by atoms with Gasteiger partial charge in [-0.1, -0.05) is 23.4 Å². The molecule has 6 nitrogen and oxygen atoms in total. The maximum absolute atomic E-state index is 14.1. The van der Waals surface area contributed by atoms with E-state index in [1.54, 1.807) is 12.1 Å². The molecule has 2 heterocycles. The highest BCUT2D eigenvalue weighted by Gasteiger charge is 2.22. The summed E-state index contributed by atoms with van der Waals surface area (Å²) in [5, 5.41) is 10.4. The number of halogens is 2. The largest absolute Gasteiger partial charge is 0.496 e. The van der Waals surface area contributed by atoms with Crippen LogP contribution in [-0.2, 0) is 0 Å². The summed E-state index contributed by atoms with van der Waals surface area (Å²) in [6.45, 7) is 0. The summed E-state index contributed by atoms with van der Waals surface area (Å²) in [5.41, 5.74) is 0.808. The zero-order valence-electron chi connectivity index (χ0n) is 13.5. The topological polar surface area (TPSA) is 76.8 Å². The van der Waals surface area contributed by atoms with Crippen molar-refractivity contribution in [1.82, 2.24) is 20.3 Å². The van der Waals surface area contributed by atoms with E-state index in [0.29, 0.717) is 22.7 Å². The van der Waals surface area contributed by atoms with Crippen LogP contribution in [0.25, 0.3) is 34.1 Å². The Kier molecular flexibility index (Phi) is 3.92. The van der Waals surface area contributed by atoms with Crippen LogP contribution in [0.1, 0.15) is 0 Å². The SMILES string of the molecule is COc1ccccc1-c1noc(-c2cn[nH]c2-c2c(F)cccc2F)n1. The molecule has 0 bridgehead atoms. The molecule has 8 heteroatoms. The van der Waals surface area contributed by atoms with Gasteiger partial charge < -0.3 is 9.26 Å². The summed E-state index contributed by atoms with van der Waals surface area (Å²) >= 11 is 0. The third-order valence-electron chi connectivity index (χ3n) is 3.86. The number of para-hydroxylation sites is 1. The Bertz CT molecular complexity index is 1050. The summed E-state index contributed by atoms with van der Waals surface area (Å²) < 4.78 is 38.8. The summed E-state index contributed by atoms with van der Waals surface area (Å²) in [4.78, 5) is 4.31. The maximum atomic E-state index is 14.1. The van der Waals surface area contributed by atoms with E-state index in [1.165, 1.54) is 19.4 Å². The number of methoxy groups -OCH3 is 1. The second kappa shape index (κ2) is 6.40. The van der Waals surface area contributed by atoms with E-state index in [9.17, 15) is 8.78 Å². The molecule has 2 aromatic carbocycles. The fourth-order valence-corrected chi connectivity index (χ4v) is 2.65. The molecule has 4 aromatic rings. The fourth-order valence-electron chi connectivity index (χ4n) is 2.65. The van der Waals surface area contributed by atoms with Gasteiger partial charge in [0.05, 0.1) is 35.7 Å². The van der Waals surface area contributed by atoms with Crippen molar-refractivity contribution in [2.24, 2.45) is 0 Å². The van der Waals surface area contributed by atoms with Crippen molar-refractivity contribution in [2.75, 3.05) is 7.11 Å². The lowest BCUT2D eigenvalue weighted by atomic mass is 10.1. The molecule has 0 aliphatic carbocycles. The van der Waals surface area contributed by atoms with Gasteiger partial charge in [0.25, 0.3) is 5.89 Å². The number of aromatic amines is 1. The van der Waals surface area contributed by atoms with Gasteiger partial charge in [0.1, 0.15) is 17.4 Å². The van der Waals surface area contributed by atoms with Crippen LogP contribution < -0.4 is 4.74 Å². The van der Waals surface area contributed by atoms with Gasteiger partial charge in [-0.3, -0.25) is 5.10 Å². The van der Waals surface area contributed by atoms with Crippen molar-refractivity contribution >= 4 is 0 Å². The zero-order chi connectivity index (χ0) is 18.1. The van der Waals surface area contributed by atoms with Gasteiger partial charge in [0.2, 0.25) is 5.82 Å². The van der Waals surface area contributed by atoms with Gasteiger partial charge in [-0.15, -0.1) is 0 Å². The van der Waals surface area contributed by atoms with E-state index >= 15 is 0 Å². The second-order valence-electron chi connectivity index (χ2n) is 5.38. The first-order valence-corrected chi connectivity index (χ1v) is 7.64. The van der Waals surface area contributed by atoms with Crippen molar-refractivity contribution in [1.29, 1.82) is 0 Å². The van der Waals surface area contributed by atoms with Crippen molar-refractivity contribution in [2.45, 2.75) is 0 Å². The lowest BCUT2D eigenvalue weighted by Crippen LogP contribution is -1.92. The van der Waals surface area contributed by atoms with Crippen molar-refractivity contribution in [3.05, 3.63) is 60.3 Å². The quantitative estimate of drug-likeness (QED) is 0.597. The van der Waals surface area contributed by atoms with Gasteiger partial charge in [-0.2, -0.15) is 10.1 Å². The first-order chi connectivity index (χ1) is 12.7. The van der Waals surface area contributed by atoms with Crippen LogP contribution in [0.15, 0.2) is 53.2 Å². The predicted molar refractivity (Wildman–Crippen MR) is 89.2 cm³/mol. The van der Waals surface area contributed by atoms with E-state index in [1.807, 2.05) is 12.1 Å². The molecule has 0 fully saturated rings. The molecule has 0 aliphatic heterocycles. The minimum Gasteiger partial charge on any atom is -0.496 e. The molecular weight excluding hydrogens is 342 g/mol. The molecule has 4 rings (SSSR count). The monoisotopic (exact) mass is 354 g/mol. The van der Waals surface area contributed by atoms with Crippen LogP contribution >= 0.6 is 0 Å². The van der Waals surface area contributed by atoms with E-state index < -0.39 is 11.6 Å². The third kappa shape index (κ3) is 2.61. The Morgan fingerprint density at radius 2 is 1.77 bits per heavy atom. The Balaban J connectivity index is 1.80. The van der Waals surface area contributed by atoms with Crippen LogP contribution in [0.2, 0.25) is 0 Å². The van der Waals surface area contributed by atoms with Gasteiger partial charge in [0.15, 0.2) is 0 Å². The molecule has 2 aromatic heterocycles. The van der Waals surface area contributed by atoms with Crippen molar-refractivity contribution in [3.8, 4) is 39.8 Å². The number of aromatic nitrogens is 4. The van der Waals surface area contributed by atoms with E-state index in [4.69, 9.17) is 9.26 Å². The molecule has 0 radical (unpaired) electrons. The predicted octanol–water partition coefficient (Wildman–Crippen LogP) is 4.08. The molecule has 0 unspecified atom stereocenters. The van der Waals surface area contributed by atoms with Crippen molar-refractivity contribution in [3.63, 3.8) is 0 Å². The third-order valence-corrected chi connectivity index (χ3v) is 3.86. The Morgan fingerprint density at radius 1 is 1.00 bits per heavy atom. The van der Waals surface area contributed by atoms with Crippen LogP contribution in [0, 0.1) is 11.6 Å². The number of benzene rings is 2. The number of rotatable bonds is 4. The highest BCUT2D eigenvalue weighted by atomic mass is 19.1. The standard InChI is InChI=1S/C18H12F2N4O2/c1-25-14-8-3-2-5-10(14)17-22-18(26-24-17)11-9-21-23-16(11)15-12(19)6-4-7-13(15)20/h2-9H,1H3,(H,21,23). The molecule has 0 atom stereocenters. The fraction of sp³-hybridized carbons (Fsp3) is 0.0556. The minimum absolute atomic E-state index is 0.0808. The number of ether oxygens (including phenoxy) is 1. The van der Waals surface area contributed by atoms with Crippen molar-refractivity contribution < 1.29 is 18.0 Å². The summed E-state index contributed by atoms with van der Waals surface area (Å²) in [7, 11) is 1.54. The van der Waals surface area contributed by atoms with E-state index in [-0.39, 0.29) is 17.1 Å². The average molecular weight is 354 g/mol. The molecule has 1 N–H and O–H groups in total. The first-order valence-electron chi connectivity index (χ1n) is 7.64. The molecule has 0 saturated heterocycles. The average Bonchev–Trinajstić information content (AvgIpc) is 3.31. The summed E-state index contributed by atoms with van der Waals surface area (Å²) in [6.07, 6.45) is 1.38. The van der Waals surface area contributed by atoms with Gasteiger partial charge in [-0.05, 0) is 24.3 Å². The molecule has 130 valence electrons. The molecule has 0 amide bonds. The van der Waals surface area contributed by atoms with Gasteiger partial charge in [0, 0.05) is 0 Å².